The van der Waals surface area contributed by atoms with E-state index in [0.717, 1.165) is 0 Å². The van der Waals surface area contributed by atoms with Crippen molar-refractivity contribution in [1.29, 1.82) is 0 Å². The minimum atomic E-state index is -5.65. The van der Waals surface area contributed by atoms with Crippen LogP contribution in [0, 0.1) is 10.1 Å². The van der Waals surface area contributed by atoms with Gasteiger partial charge in [-0.15, -0.1) is 13.2 Å². The summed E-state index contributed by atoms with van der Waals surface area (Å²) >= 11 is 0. The van der Waals surface area contributed by atoms with Crippen molar-refractivity contribution in [1.82, 2.24) is 0 Å². The van der Waals surface area contributed by atoms with Crippen LogP contribution in [0.1, 0.15) is 5.56 Å². The third-order valence-electron chi connectivity index (χ3n) is 2.04. The van der Waals surface area contributed by atoms with Gasteiger partial charge in [-0.2, -0.15) is 13.2 Å². The van der Waals surface area contributed by atoms with Gasteiger partial charge in [-0.25, -0.2) is 8.42 Å². The van der Waals surface area contributed by atoms with E-state index in [1.165, 1.54) is 0 Å². The van der Waals surface area contributed by atoms with Crippen LogP contribution in [0.4, 0.5) is 32.0 Å². The molecule has 14 heteroatoms. The molecule has 0 bridgehead atoms. The van der Waals surface area contributed by atoms with Crippen LogP contribution in [0.5, 0.6) is 5.75 Å². The van der Waals surface area contributed by atoms with Gasteiger partial charge in [-0.1, -0.05) is 0 Å². The van der Waals surface area contributed by atoms with Crippen molar-refractivity contribution in [2.24, 2.45) is 0 Å². The lowest BCUT2D eigenvalue weighted by Crippen LogP contribution is -2.21. The lowest BCUT2D eigenvalue weighted by Gasteiger charge is -2.16. The fourth-order valence-electron chi connectivity index (χ4n) is 1.35. The molecule has 6 nitrogen and oxygen atoms in total. The third-order valence-corrected chi connectivity index (χ3v) is 3.38. The topological polar surface area (TPSA) is 86.5 Å². The second kappa shape index (κ2) is 5.46. The summed E-state index contributed by atoms with van der Waals surface area (Å²) in [4.78, 5) is 7.53. The Kier molecular flexibility index (Phi) is 4.54. The highest BCUT2D eigenvalue weighted by molar-refractivity contribution is 8.13. The second-order valence-electron chi connectivity index (χ2n) is 3.56. The first-order valence-electron chi connectivity index (χ1n) is 4.73. The summed E-state index contributed by atoms with van der Waals surface area (Å²) in [5.74, 6) is -2.10. The predicted molar refractivity (Wildman–Crippen MR) is 57.8 cm³/mol. The van der Waals surface area contributed by atoms with E-state index >= 15 is 0 Å². The van der Waals surface area contributed by atoms with E-state index in [9.17, 15) is 44.9 Å². The Morgan fingerprint density at radius 1 is 1.14 bits per heavy atom. The van der Waals surface area contributed by atoms with Crippen LogP contribution < -0.4 is 4.74 Å². The molecule has 0 N–H and O–H groups in total. The van der Waals surface area contributed by atoms with Crippen molar-refractivity contribution < 1.29 is 44.4 Å². The molecule has 0 saturated heterocycles. The Morgan fingerprint density at radius 3 is 1.95 bits per heavy atom. The van der Waals surface area contributed by atoms with Gasteiger partial charge in [-0.3, -0.25) is 10.1 Å². The molecule has 1 aromatic rings. The van der Waals surface area contributed by atoms with Crippen molar-refractivity contribution in [2.45, 2.75) is 17.4 Å². The molecule has 1 aromatic carbocycles. The van der Waals surface area contributed by atoms with Gasteiger partial charge in [0.2, 0.25) is 0 Å². The summed E-state index contributed by atoms with van der Waals surface area (Å²) in [6, 6.07) is -0.319. The highest BCUT2D eigenvalue weighted by Crippen LogP contribution is 2.45. The first kappa shape index (κ1) is 18.3. The Morgan fingerprint density at radius 2 is 1.64 bits per heavy atom. The number of nitro benzene ring substituents is 1. The fourth-order valence-corrected chi connectivity index (χ4v) is 2.12. The van der Waals surface area contributed by atoms with Crippen LogP contribution in [0.3, 0.4) is 0 Å². The number of hydrogen-bond donors (Lipinski definition) is 0. The number of ether oxygens (including phenoxy) is 1. The molecule has 0 aliphatic rings. The average molecular weight is 374 g/mol. The van der Waals surface area contributed by atoms with Gasteiger partial charge in [0.05, 0.1) is 9.82 Å². The van der Waals surface area contributed by atoms with Crippen LogP contribution in [0.25, 0.3) is 0 Å². The lowest BCUT2D eigenvalue weighted by atomic mass is 10.1. The normalized spacial score (nSPS) is 13.0. The quantitative estimate of drug-likeness (QED) is 0.350. The molecule has 0 spiro atoms. The maximum absolute atomic E-state index is 12.7. The van der Waals surface area contributed by atoms with E-state index in [1.54, 1.807) is 0 Å². The minimum absolute atomic E-state index is 0.117. The fraction of sp³-hybridized carbons (Fsp3) is 0.250. The van der Waals surface area contributed by atoms with E-state index < -0.39 is 48.4 Å². The first-order valence-corrected chi connectivity index (χ1v) is 7.04. The molecule has 0 aromatic heterocycles. The van der Waals surface area contributed by atoms with Crippen molar-refractivity contribution in [3.63, 3.8) is 0 Å². The first-order chi connectivity index (χ1) is 9.63. The molecule has 124 valence electrons. The van der Waals surface area contributed by atoms with Crippen molar-refractivity contribution in [3.05, 3.63) is 27.8 Å². The number of rotatable bonds is 3. The summed E-state index contributed by atoms with van der Waals surface area (Å²) in [5, 5.41) is 10.6. The summed E-state index contributed by atoms with van der Waals surface area (Å²) in [5.41, 5.74) is -4.34. The monoisotopic (exact) mass is 373 g/mol. The zero-order chi connectivity index (χ0) is 17.5. The summed E-state index contributed by atoms with van der Waals surface area (Å²) in [6.07, 6.45) is -11.3. The van der Waals surface area contributed by atoms with Gasteiger partial charge in [0, 0.05) is 22.8 Å². The standard InChI is InChI=1S/C8H2ClF6NO5S/c9-22(19,20)3-1-4(16(17)18)6(7(10,11)12)5(2-3)21-8(13,14)15/h1-2H. The average Bonchev–Trinajstić information content (AvgIpc) is 2.22. The molecule has 0 atom stereocenters. The Hall–Kier alpha value is -1.76. The SMILES string of the molecule is O=[N+]([O-])c1cc(S(=O)(=O)Cl)cc(OC(F)(F)F)c1C(F)(F)F. The molecule has 0 heterocycles. The molecule has 0 aliphatic carbocycles. The zero-order valence-corrected chi connectivity index (χ0v) is 11.3. The van der Waals surface area contributed by atoms with Crippen LogP contribution in [-0.2, 0) is 15.2 Å². The molecule has 0 saturated carbocycles. The summed E-state index contributed by atoms with van der Waals surface area (Å²) in [7, 11) is -0.0695. The molecule has 0 amide bonds. The number of halogens is 7. The molecule has 1 rings (SSSR count). The number of alkyl halides is 6. The Labute approximate surface area is 121 Å². The van der Waals surface area contributed by atoms with Crippen LogP contribution >= 0.6 is 10.7 Å². The number of nitro groups is 1. The molecule has 0 unspecified atom stereocenters. The maximum atomic E-state index is 12.7. The molecule has 0 radical (unpaired) electrons. The molecule has 0 fully saturated rings. The van der Waals surface area contributed by atoms with Gasteiger partial charge in [0.1, 0.15) is 5.75 Å². The van der Waals surface area contributed by atoms with Crippen molar-refractivity contribution in [3.8, 4) is 5.75 Å². The van der Waals surface area contributed by atoms with Crippen molar-refractivity contribution in [2.75, 3.05) is 0 Å². The van der Waals surface area contributed by atoms with Crippen LogP contribution in [0.15, 0.2) is 17.0 Å². The molecule has 22 heavy (non-hydrogen) atoms. The highest BCUT2D eigenvalue weighted by atomic mass is 35.7. The molecular formula is C8H2ClF6NO5S. The second-order valence-corrected chi connectivity index (χ2v) is 6.12. The van der Waals surface area contributed by atoms with Crippen LogP contribution in [0.2, 0.25) is 0 Å². The van der Waals surface area contributed by atoms with E-state index in [1.807, 2.05) is 0 Å². The number of hydrogen-bond acceptors (Lipinski definition) is 5. The molecule has 0 aliphatic heterocycles. The van der Waals surface area contributed by atoms with Gasteiger partial charge in [-0.05, 0) is 0 Å². The van der Waals surface area contributed by atoms with E-state index in [0.29, 0.717) is 0 Å². The number of nitrogens with zero attached hydrogens (tertiary/aromatic N) is 1. The van der Waals surface area contributed by atoms with Gasteiger partial charge < -0.3 is 4.74 Å². The van der Waals surface area contributed by atoms with Gasteiger partial charge in [0.25, 0.3) is 14.7 Å². The van der Waals surface area contributed by atoms with Gasteiger partial charge >= 0.3 is 12.5 Å². The maximum Gasteiger partial charge on any atom is 0.573 e. The third kappa shape index (κ3) is 4.37. The minimum Gasteiger partial charge on any atom is -0.405 e. The van der Waals surface area contributed by atoms with Crippen LogP contribution in [-0.4, -0.2) is 19.7 Å². The largest absolute Gasteiger partial charge is 0.573 e. The Bertz CT molecular complexity index is 713. The zero-order valence-electron chi connectivity index (χ0n) is 9.70. The predicted octanol–water partition coefficient (Wildman–Crippen LogP) is 3.44. The molecular weight excluding hydrogens is 372 g/mol. The summed E-state index contributed by atoms with van der Waals surface area (Å²) in [6.45, 7) is 0. The highest BCUT2D eigenvalue weighted by Gasteiger charge is 2.46. The smallest absolute Gasteiger partial charge is 0.405 e. The van der Waals surface area contributed by atoms with E-state index in [2.05, 4.69) is 4.74 Å². The Balaban J connectivity index is 3.83. The van der Waals surface area contributed by atoms with Crippen molar-refractivity contribution >= 4 is 25.4 Å². The lowest BCUT2D eigenvalue weighted by molar-refractivity contribution is -0.388. The summed E-state index contributed by atoms with van der Waals surface area (Å²) < 4.78 is 99.7. The van der Waals surface area contributed by atoms with E-state index in [4.69, 9.17) is 10.7 Å². The number of benzene rings is 1. The van der Waals surface area contributed by atoms with E-state index in [-0.39, 0.29) is 12.1 Å². The van der Waals surface area contributed by atoms with Gasteiger partial charge in [0.15, 0.2) is 5.56 Å².